The Bertz CT molecular complexity index is 663. The molecule has 0 aliphatic carbocycles. The van der Waals surface area contributed by atoms with Crippen molar-refractivity contribution in [2.24, 2.45) is 11.7 Å². The molecule has 1 aromatic rings. The molecule has 2 rings (SSSR count). The summed E-state index contributed by atoms with van der Waals surface area (Å²) in [6.07, 6.45) is 0. The topological polar surface area (TPSA) is 107 Å². The molecule has 1 aliphatic heterocycles. The summed E-state index contributed by atoms with van der Waals surface area (Å²) in [7, 11) is 0. The van der Waals surface area contributed by atoms with Gasteiger partial charge in [-0.25, -0.2) is 4.98 Å². The summed E-state index contributed by atoms with van der Waals surface area (Å²) < 4.78 is 1.51. The van der Waals surface area contributed by atoms with Crippen molar-refractivity contribution < 1.29 is 9.59 Å². The highest BCUT2D eigenvalue weighted by molar-refractivity contribution is 7.99. The fourth-order valence-corrected chi connectivity index (χ4v) is 3.16. The van der Waals surface area contributed by atoms with E-state index in [1.807, 2.05) is 20.8 Å². The van der Waals surface area contributed by atoms with Crippen LogP contribution in [0, 0.1) is 5.92 Å². The summed E-state index contributed by atoms with van der Waals surface area (Å²) in [4.78, 5) is 39.5. The van der Waals surface area contributed by atoms with E-state index in [1.54, 1.807) is 0 Å². The van der Waals surface area contributed by atoms with Crippen LogP contribution in [-0.2, 0) is 21.5 Å². The van der Waals surface area contributed by atoms with Crippen LogP contribution in [0.5, 0.6) is 0 Å². The molecule has 0 bridgehead atoms. The predicted octanol–water partition coefficient (Wildman–Crippen LogP) is -0.136. The zero-order valence-electron chi connectivity index (χ0n) is 12.9. The van der Waals surface area contributed by atoms with Crippen molar-refractivity contribution in [3.05, 3.63) is 22.1 Å². The van der Waals surface area contributed by atoms with Gasteiger partial charge in [0.1, 0.15) is 0 Å². The number of aromatic nitrogens is 2. The first-order valence-electron chi connectivity index (χ1n) is 6.99. The summed E-state index contributed by atoms with van der Waals surface area (Å²) in [5.41, 5.74) is 5.39. The Morgan fingerprint density at radius 2 is 2.18 bits per heavy atom. The molecule has 8 heteroatoms. The highest BCUT2D eigenvalue weighted by Crippen LogP contribution is 2.27. The lowest BCUT2D eigenvalue weighted by Gasteiger charge is -2.26. The van der Waals surface area contributed by atoms with E-state index in [1.165, 1.54) is 22.4 Å². The van der Waals surface area contributed by atoms with Crippen molar-refractivity contribution >= 4 is 23.6 Å². The third kappa shape index (κ3) is 3.68. The number of hydrogen-bond donors (Lipinski definition) is 2. The second-order valence-electron chi connectivity index (χ2n) is 6.31. The highest BCUT2D eigenvalue weighted by atomic mass is 32.2. The van der Waals surface area contributed by atoms with Crippen LogP contribution in [0.1, 0.15) is 26.5 Å². The zero-order valence-corrected chi connectivity index (χ0v) is 13.7. The smallest absolute Gasteiger partial charge is 0.254 e. The summed E-state index contributed by atoms with van der Waals surface area (Å²) in [6, 6.07) is 1.52. The normalized spacial score (nSPS) is 17.7. The van der Waals surface area contributed by atoms with Crippen molar-refractivity contribution in [3.63, 3.8) is 0 Å². The molecule has 1 aromatic heterocycles. The van der Waals surface area contributed by atoms with Crippen LogP contribution in [0.25, 0.3) is 0 Å². The Morgan fingerprint density at radius 3 is 2.77 bits per heavy atom. The lowest BCUT2D eigenvalue weighted by Crippen LogP contribution is -2.42. The van der Waals surface area contributed by atoms with Crippen molar-refractivity contribution in [2.45, 2.75) is 37.9 Å². The van der Waals surface area contributed by atoms with Crippen LogP contribution in [0.4, 0.5) is 0 Å². The van der Waals surface area contributed by atoms with E-state index in [9.17, 15) is 14.4 Å². The molecule has 0 spiro atoms. The maximum Gasteiger partial charge on any atom is 0.254 e. The van der Waals surface area contributed by atoms with Crippen molar-refractivity contribution in [1.29, 1.82) is 0 Å². The average Bonchev–Trinajstić information content (AvgIpc) is 2.43. The minimum atomic E-state index is -0.592. The number of thioether (sulfide) groups is 1. The van der Waals surface area contributed by atoms with Crippen LogP contribution in [0.3, 0.4) is 0 Å². The number of rotatable bonds is 3. The summed E-state index contributed by atoms with van der Waals surface area (Å²) in [5.74, 6) is -0.726. The number of carbonyl (C=O) groups excluding carboxylic acids is 2. The Hall–Kier alpha value is -1.83. The molecule has 1 unspecified atom stereocenters. The van der Waals surface area contributed by atoms with Crippen LogP contribution in [0.2, 0.25) is 0 Å². The van der Waals surface area contributed by atoms with E-state index in [0.717, 1.165) is 5.69 Å². The van der Waals surface area contributed by atoms with Crippen molar-refractivity contribution in [3.8, 4) is 0 Å². The number of amides is 2. The first kappa shape index (κ1) is 16.5. The SMILES string of the molecule is CC(C)(C)c1cc(=O)n2c(n1)SCC(C(=O)NCC(N)=O)C2. The second-order valence-corrected chi connectivity index (χ2v) is 7.30. The molecule has 0 fully saturated rings. The molecule has 0 saturated carbocycles. The van der Waals surface area contributed by atoms with Gasteiger partial charge in [-0.2, -0.15) is 0 Å². The molecule has 22 heavy (non-hydrogen) atoms. The number of hydrogen-bond acceptors (Lipinski definition) is 5. The molecule has 1 atom stereocenters. The maximum absolute atomic E-state index is 12.3. The molecular weight excluding hydrogens is 304 g/mol. The largest absolute Gasteiger partial charge is 0.368 e. The van der Waals surface area contributed by atoms with Gasteiger partial charge in [0.05, 0.1) is 18.2 Å². The molecule has 3 N–H and O–H groups in total. The fraction of sp³-hybridized carbons (Fsp3) is 0.571. The number of carbonyl (C=O) groups is 2. The van der Waals surface area contributed by atoms with Gasteiger partial charge in [-0.3, -0.25) is 19.0 Å². The highest BCUT2D eigenvalue weighted by Gasteiger charge is 2.28. The van der Waals surface area contributed by atoms with Gasteiger partial charge >= 0.3 is 0 Å². The van der Waals surface area contributed by atoms with E-state index in [4.69, 9.17) is 5.73 Å². The van der Waals surface area contributed by atoms with Crippen LogP contribution < -0.4 is 16.6 Å². The Balaban J connectivity index is 2.19. The third-order valence-corrected chi connectivity index (χ3v) is 4.50. The van der Waals surface area contributed by atoms with E-state index in [0.29, 0.717) is 10.9 Å². The van der Waals surface area contributed by atoms with Gasteiger partial charge in [0.25, 0.3) is 5.56 Å². The van der Waals surface area contributed by atoms with Crippen molar-refractivity contribution in [2.75, 3.05) is 12.3 Å². The average molecular weight is 324 g/mol. The van der Waals surface area contributed by atoms with Gasteiger partial charge in [0.15, 0.2) is 5.16 Å². The van der Waals surface area contributed by atoms with Crippen LogP contribution >= 0.6 is 11.8 Å². The molecule has 2 heterocycles. The number of nitrogens with two attached hydrogens (primary N) is 1. The van der Waals surface area contributed by atoms with Gasteiger partial charge in [0.2, 0.25) is 11.8 Å². The Morgan fingerprint density at radius 1 is 1.50 bits per heavy atom. The number of nitrogens with one attached hydrogen (secondary N) is 1. The van der Waals surface area contributed by atoms with E-state index >= 15 is 0 Å². The molecule has 120 valence electrons. The van der Waals surface area contributed by atoms with E-state index in [2.05, 4.69) is 10.3 Å². The fourth-order valence-electron chi connectivity index (χ4n) is 2.07. The first-order chi connectivity index (χ1) is 10.2. The number of fused-ring (bicyclic) bond motifs is 1. The van der Waals surface area contributed by atoms with Gasteiger partial charge in [0, 0.05) is 23.8 Å². The standard InChI is InChI=1S/C14H20N4O3S/c1-14(2,3)9-4-11(20)18-6-8(7-22-13(18)17-9)12(21)16-5-10(15)19/h4,8H,5-7H2,1-3H3,(H2,15,19)(H,16,21). The lowest BCUT2D eigenvalue weighted by atomic mass is 9.92. The quantitative estimate of drug-likeness (QED) is 0.753. The Labute approximate surface area is 132 Å². The summed E-state index contributed by atoms with van der Waals surface area (Å²) in [5, 5.41) is 3.11. The summed E-state index contributed by atoms with van der Waals surface area (Å²) in [6.45, 7) is 6.07. The van der Waals surface area contributed by atoms with Crippen LogP contribution in [0.15, 0.2) is 16.0 Å². The second kappa shape index (κ2) is 6.12. The van der Waals surface area contributed by atoms with E-state index in [-0.39, 0.29) is 35.9 Å². The Kier molecular flexibility index (Phi) is 4.60. The zero-order chi connectivity index (χ0) is 16.5. The lowest BCUT2D eigenvalue weighted by molar-refractivity contribution is -0.127. The van der Waals surface area contributed by atoms with E-state index < -0.39 is 5.91 Å². The maximum atomic E-state index is 12.3. The molecule has 2 amide bonds. The van der Waals surface area contributed by atoms with Crippen molar-refractivity contribution in [1.82, 2.24) is 14.9 Å². The minimum Gasteiger partial charge on any atom is -0.368 e. The van der Waals surface area contributed by atoms with Gasteiger partial charge in [-0.05, 0) is 0 Å². The molecule has 1 aliphatic rings. The molecule has 0 aromatic carbocycles. The number of nitrogens with zero attached hydrogens (tertiary/aromatic N) is 2. The minimum absolute atomic E-state index is 0.158. The first-order valence-corrected chi connectivity index (χ1v) is 7.98. The monoisotopic (exact) mass is 324 g/mol. The molecular formula is C14H20N4O3S. The molecule has 0 saturated heterocycles. The van der Waals surface area contributed by atoms with Gasteiger partial charge in [-0.15, -0.1) is 0 Å². The number of primary amides is 1. The van der Waals surface area contributed by atoms with Gasteiger partial charge < -0.3 is 11.1 Å². The van der Waals surface area contributed by atoms with Crippen LogP contribution in [-0.4, -0.2) is 33.7 Å². The predicted molar refractivity (Wildman–Crippen MR) is 83.6 cm³/mol. The van der Waals surface area contributed by atoms with Gasteiger partial charge in [-0.1, -0.05) is 32.5 Å². The summed E-state index contributed by atoms with van der Waals surface area (Å²) >= 11 is 1.38. The third-order valence-electron chi connectivity index (χ3n) is 3.37. The molecule has 0 radical (unpaired) electrons. The molecule has 7 nitrogen and oxygen atoms in total.